The summed E-state index contributed by atoms with van der Waals surface area (Å²) in [6.07, 6.45) is 3.15. The van der Waals surface area contributed by atoms with Crippen LogP contribution < -0.4 is 0 Å². The van der Waals surface area contributed by atoms with Gasteiger partial charge in [0.15, 0.2) is 0 Å². The highest BCUT2D eigenvalue weighted by atomic mass is 16.1. The Hall–Kier alpha value is -1.12. The number of aryl methyl sites for hydroxylation is 1. The molecule has 41 valence electrons. The molecule has 0 aliphatic rings. The van der Waals surface area contributed by atoms with E-state index in [0.717, 1.165) is 5.69 Å². The zero-order valence-corrected chi connectivity index (χ0v) is 4.43. The van der Waals surface area contributed by atoms with Crippen LogP contribution in [-0.2, 0) is 4.79 Å². The molecule has 0 saturated heterocycles. The van der Waals surface area contributed by atoms with Gasteiger partial charge in [-0.1, -0.05) is 0 Å². The number of nitrogens with one attached hydrogen (secondary N) is 1. The zero-order chi connectivity index (χ0) is 5.98. The summed E-state index contributed by atoms with van der Waals surface area (Å²) in [6.45, 7) is 1.77. The van der Waals surface area contributed by atoms with Gasteiger partial charge in [-0.05, 0) is 6.92 Å². The first-order valence-corrected chi connectivity index (χ1v) is 2.22. The summed E-state index contributed by atoms with van der Waals surface area (Å²) in [5.41, 5.74) is 1.13. The highest BCUT2D eigenvalue weighted by molar-refractivity contribution is 5.73. The average Bonchev–Trinajstić information content (AvgIpc) is 2.14. The quantitative estimate of drug-likeness (QED) is 0.559. The zero-order valence-electron chi connectivity index (χ0n) is 4.43. The standard InChI is InChI=1S/C5H5N2O/c1-4-5(2-8)7-3-6-4/h3H,1H3,(H,6,7). The van der Waals surface area contributed by atoms with Crippen molar-refractivity contribution in [1.82, 2.24) is 9.97 Å². The molecule has 0 unspecified atom stereocenters. The van der Waals surface area contributed by atoms with Gasteiger partial charge in [-0.25, -0.2) is 4.98 Å². The van der Waals surface area contributed by atoms with Gasteiger partial charge in [0.05, 0.1) is 6.33 Å². The average molecular weight is 109 g/mol. The molecule has 0 atom stereocenters. The highest BCUT2D eigenvalue weighted by Crippen LogP contribution is 1.93. The molecule has 0 amide bonds. The smallest absolute Gasteiger partial charge is 0.255 e. The fourth-order valence-electron chi connectivity index (χ4n) is 0.462. The second kappa shape index (κ2) is 1.78. The lowest BCUT2D eigenvalue weighted by Crippen LogP contribution is -1.81. The molecule has 3 nitrogen and oxygen atoms in total. The van der Waals surface area contributed by atoms with Crippen molar-refractivity contribution in [3.05, 3.63) is 17.7 Å². The molecule has 1 aromatic heterocycles. The van der Waals surface area contributed by atoms with E-state index in [1.165, 1.54) is 6.33 Å². The number of H-pyrrole nitrogens is 1. The van der Waals surface area contributed by atoms with Gasteiger partial charge >= 0.3 is 0 Å². The maximum Gasteiger partial charge on any atom is 0.255 e. The Morgan fingerprint density at radius 1 is 1.88 bits per heavy atom. The van der Waals surface area contributed by atoms with E-state index in [1.54, 1.807) is 13.2 Å². The summed E-state index contributed by atoms with van der Waals surface area (Å²) in [5, 5.41) is 0. The molecular weight excluding hydrogens is 104 g/mol. The molecular formula is C5H5N2O. The van der Waals surface area contributed by atoms with Crippen LogP contribution in [0.25, 0.3) is 0 Å². The van der Waals surface area contributed by atoms with Crippen molar-refractivity contribution in [2.24, 2.45) is 0 Å². The minimum atomic E-state index is 0.366. The lowest BCUT2D eigenvalue weighted by Gasteiger charge is -1.77. The molecule has 0 aromatic carbocycles. The Morgan fingerprint density at radius 2 is 2.62 bits per heavy atom. The number of imidazole rings is 1. The van der Waals surface area contributed by atoms with E-state index in [1.807, 2.05) is 0 Å². The van der Waals surface area contributed by atoms with E-state index in [2.05, 4.69) is 9.97 Å². The van der Waals surface area contributed by atoms with E-state index in [4.69, 9.17) is 0 Å². The van der Waals surface area contributed by atoms with Gasteiger partial charge in [-0.2, -0.15) is 0 Å². The molecule has 0 bridgehead atoms. The third-order valence-electron chi connectivity index (χ3n) is 0.927. The highest BCUT2D eigenvalue weighted by Gasteiger charge is 1.95. The minimum absolute atomic E-state index is 0.366. The first kappa shape index (κ1) is 5.03. The van der Waals surface area contributed by atoms with E-state index in [-0.39, 0.29) is 0 Å². The Balaban J connectivity index is 3.09. The number of aromatic amines is 1. The van der Waals surface area contributed by atoms with Crippen molar-refractivity contribution in [3.63, 3.8) is 0 Å². The van der Waals surface area contributed by atoms with Gasteiger partial charge in [-0.15, -0.1) is 0 Å². The second-order valence-electron chi connectivity index (χ2n) is 1.48. The summed E-state index contributed by atoms with van der Waals surface area (Å²) in [5.74, 6) is 0. The van der Waals surface area contributed by atoms with Crippen LogP contribution in [0.15, 0.2) is 6.33 Å². The van der Waals surface area contributed by atoms with Gasteiger partial charge in [0.25, 0.3) is 6.29 Å². The van der Waals surface area contributed by atoms with Crippen LogP contribution in [0.3, 0.4) is 0 Å². The van der Waals surface area contributed by atoms with Crippen molar-refractivity contribution in [3.8, 4) is 0 Å². The van der Waals surface area contributed by atoms with E-state index >= 15 is 0 Å². The predicted molar refractivity (Wildman–Crippen MR) is 28.1 cm³/mol. The molecule has 1 heterocycles. The molecule has 0 saturated carbocycles. The number of nitrogens with zero attached hydrogens (tertiary/aromatic N) is 1. The van der Waals surface area contributed by atoms with Crippen molar-refractivity contribution < 1.29 is 4.79 Å². The molecule has 0 aliphatic heterocycles. The molecule has 1 aromatic rings. The molecule has 3 heteroatoms. The van der Waals surface area contributed by atoms with Gasteiger partial charge in [0, 0.05) is 5.69 Å². The fourth-order valence-corrected chi connectivity index (χ4v) is 0.462. The third-order valence-corrected chi connectivity index (χ3v) is 0.927. The SMILES string of the molecule is Cc1[nH]cnc1[C]=O. The summed E-state index contributed by atoms with van der Waals surface area (Å²) in [4.78, 5) is 16.3. The summed E-state index contributed by atoms with van der Waals surface area (Å²) in [6, 6.07) is 0. The number of rotatable bonds is 1. The number of carbonyl (C=O) groups excluding carboxylic acids is 1. The van der Waals surface area contributed by atoms with Crippen LogP contribution in [0.2, 0.25) is 0 Å². The third kappa shape index (κ3) is 0.621. The van der Waals surface area contributed by atoms with E-state index in [9.17, 15) is 4.79 Å². The molecule has 1 N–H and O–H groups in total. The van der Waals surface area contributed by atoms with Crippen LogP contribution in [0.5, 0.6) is 0 Å². The summed E-state index contributed by atoms with van der Waals surface area (Å²) in [7, 11) is 0. The van der Waals surface area contributed by atoms with E-state index in [0.29, 0.717) is 5.69 Å². The minimum Gasteiger partial charge on any atom is -0.348 e. The Bertz CT molecular complexity index is 192. The molecule has 1 rings (SSSR count). The Morgan fingerprint density at radius 3 is 2.88 bits per heavy atom. The molecule has 0 fully saturated rings. The second-order valence-corrected chi connectivity index (χ2v) is 1.48. The normalized spacial score (nSPS) is 9.12. The maximum absolute atomic E-state index is 9.88. The van der Waals surface area contributed by atoms with Gasteiger partial charge in [-0.3, -0.25) is 4.79 Å². The van der Waals surface area contributed by atoms with Crippen molar-refractivity contribution in [2.75, 3.05) is 0 Å². The van der Waals surface area contributed by atoms with Gasteiger partial charge < -0.3 is 4.98 Å². The van der Waals surface area contributed by atoms with Crippen LogP contribution in [0, 0.1) is 6.92 Å². The van der Waals surface area contributed by atoms with Crippen LogP contribution in [0.4, 0.5) is 0 Å². The Labute approximate surface area is 46.8 Å². The van der Waals surface area contributed by atoms with Crippen molar-refractivity contribution in [1.29, 1.82) is 0 Å². The topological polar surface area (TPSA) is 45.8 Å². The summed E-state index contributed by atoms with van der Waals surface area (Å²) >= 11 is 0. The van der Waals surface area contributed by atoms with E-state index < -0.39 is 0 Å². The molecule has 0 aliphatic carbocycles. The first-order chi connectivity index (χ1) is 3.84. The van der Waals surface area contributed by atoms with Crippen molar-refractivity contribution in [2.45, 2.75) is 6.92 Å². The van der Waals surface area contributed by atoms with Crippen LogP contribution >= 0.6 is 0 Å². The monoisotopic (exact) mass is 109 g/mol. The van der Waals surface area contributed by atoms with Crippen LogP contribution in [-0.4, -0.2) is 16.3 Å². The Kier molecular flexibility index (Phi) is 1.12. The fraction of sp³-hybridized carbons (Fsp3) is 0.200. The number of aromatic nitrogens is 2. The molecule has 0 spiro atoms. The number of hydrogen-bond donors (Lipinski definition) is 1. The molecule has 8 heavy (non-hydrogen) atoms. The lowest BCUT2D eigenvalue weighted by atomic mass is 10.4. The molecule has 1 radical (unpaired) electrons. The lowest BCUT2D eigenvalue weighted by molar-refractivity contribution is 0.561. The summed E-state index contributed by atoms with van der Waals surface area (Å²) < 4.78 is 0. The maximum atomic E-state index is 9.88. The van der Waals surface area contributed by atoms with Crippen molar-refractivity contribution >= 4 is 6.29 Å². The largest absolute Gasteiger partial charge is 0.348 e. The number of hydrogen-bond acceptors (Lipinski definition) is 2. The van der Waals surface area contributed by atoms with Gasteiger partial charge in [0.2, 0.25) is 0 Å². The van der Waals surface area contributed by atoms with Crippen LogP contribution in [0.1, 0.15) is 11.4 Å². The first-order valence-electron chi connectivity index (χ1n) is 2.22. The van der Waals surface area contributed by atoms with Gasteiger partial charge in [0.1, 0.15) is 5.69 Å². The predicted octanol–water partition coefficient (Wildman–Crippen LogP) is 0.176.